The lowest BCUT2D eigenvalue weighted by Gasteiger charge is -2.33. The number of anilines is 2. The van der Waals surface area contributed by atoms with Gasteiger partial charge in [0, 0.05) is 24.3 Å². The predicted molar refractivity (Wildman–Crippen MR) is 141 cm³/mol. The van der Waals surface area contributed by atoms with E-state index in [-0.39, 0.29) is 23.2 Å². The van der Waals surface area contributed by atoms with Gasteiger partial charge in [0.2, 0.25) is 10.0 Å². The first-order valence-electron chi connectivity index (χ1n) is 12.5. The number of amides is 2. The molecule has 5 rings (SSSR count). The summed E-state index contributed by atoms with van der Waals surface area (Å²) in [6, 6.07) is 16.8. The first-order valence-corrected chi connectivity index (χ1v) is 13.9. The van der Waals surface area contributed by atoms with Crippen molar-refractivity contribution in [2.75, 3.05) is 23.3 Å². The molecule has 1 fully saturated rings. The first kappa shape index (κ1) is 25.9. The van der Waals surface area contributed by atoms with Crippen LogP contribution in [-0.4, -0.2) is 43.7 Å². The van der Waals surface area contributed by atoms with E-state index in [1.807, 2.05) is 0 Å². The van der Waals surface area contributed by atoms with Gasteiger partial charge in [0.25, 0.3) is 11.8 Å². The Hall–Kier alpha value is -3.76. The zero-order valence-corrected chi connectivity index (χ0v) is 21.7. The quantitative estimate of drug-likeness (QED) is 0.497. The van der Waals surface area contributed by atoms with Crippen molar-refractivity contribution in [2.24, 2.45) is 0 Å². The maximum Gasteiger partial charge on any atom is 0.268 e. The Labute approximate surface area is 221 Å². The van der Waals surface area contributed by atoms with Crippen molar-refractivity contribution in [1.82, 2.24) is 4.31 Å². The Morgan fingerprint density at radius 2 is 1.68 bits per heavy atom. The second kappa shape index (κ2) is 10.5. The van der Waals surface area contributed by atoms with Crippen molar-refractivity contribution in [3.63, 3.8) is 0 Å². The molecule has 198 valence electrons. The lowest BCUT2D eigenvalue weighted by atomic mass is 10.1. The van der Waals surface area contributed by atoms with E-state index in [1.165, 1.54) is 40.7 Å². The molecule has 2 aliphatic heterocycles. The van der Waals surface area contributed by atoms with Gasteiger partial charge >= 0.3 is 0 Å². The van der Waals surface area contributed by atoms with Crippen LogP contribution in [0.2, 0.25) is 0 Å². The van der Waals surface area contributed by atoms with Gasteiger partial charge in [-0.3, -0.25) is 9.59 Å². The summed E-state index contributed by atoms with van der Waals surface area (Å²) in [6.45, 7) is 2.88. The van der Waals surface area contributed by atoms with Crippen molar-refractivity contribution in [3.8, 4) is 5.75 Å². The van der Waals surface area contributed by atoms with Crippen molar-refractivity contribution in [2.45, 2.75) is 43.7 Å². The monoisotopic (exact) mass is 537 g/mol. The second-order valence-corrected chi connectivity index (χ2v) is 11.4. The summed E-state index contributed by atoms with van der Waals surface area (Å²) in [6.07, 6.45) is 2.02. The van der Waals surface area contributed by atoms with E-state index in [9.17, 15) is 22.4 Å². The molecule has 0 aromatic heterocycles. The fourth-order valence-corrected chi connectivity index (χ4v) is 6.17. The second-order valence-electron chi connectivity index (χ2n) is 9.44. The molecule has 3 aromatic carbocycles. The minimum atomic E-state index is -3.59. The van der Waals surface area contributed by atoms with Crippen molar-refractivity contribution in [3.05, 3.63) is 83.7 Å². The van der Waals surface area contributed by atoms with Crippen LogP contribution in [0.5, 0.6) is 5.75 Å². The molecule has 10 heteroatoms. The number of ether oxygens (including phenoxy) is 1. The van der Waals surface area contributed by atoms with E-state index in [0.29, 0.717) is 35.8 Å². The molecule has 2 amide bonds. The third-order valence-corrected chi connectivity index (χ3v) is 8.66. The van der Waals surface area contributed by atoms with E-state index in [1.54, 1.807) is 42.2 Å². The Morgan fingerprint density at radius 3 is 2.37 bits per heavy atom. The fourth-order valence-electron chi connectivity index (χ4n) is 4.66. The molecule has 0 bridgehead atoms. The van der Waals surface area contributed by atoms with E-state index >= 15 is 0 Å². The Bertz CT molecular complexity index is 1450. The van der Waals surface area contributed by atoms with Gasteiger partial charge in [-0.2, -0.15) is 4.31 Å². The number of nitrogens with zero attached hydrogens (tertiary/aromatic N) is 2. The zero-order valence-electron chi connectivity index (χ0n) is 20.9. The topological polar surface area (TPSA) is 96.0 Å². The highest BCUT2D eigenvalue weighted by atomic mass is 32.2. The molecule has 0 saturated carbocycles. The van der Waals surface area contributed by atoms with Gasteiger partial charge in [-0.25, -0.2) is 12.8 Å². The van der Waals surface area contributed by atoms with Crippen LogP contribution < -0.4 is 15.0 Å². The summed E-state index contributed by atoms with van der Waals surface area (Å²) in [5.41, 5.74) is 1.96. The number of halogens is 1. The van der Waals surface area contributed by atoms with Crippen molar-refractivity contribution < 1.29 is 27.1 Å². The highest BCUT2D eigenvalue weighted by Gasteiger charge is 2.32. The summed E-state index contributed by atoms with van der Waals surface area (Å²) in [7, 11) is -3.59. The van der Waals surface area contributed by atoms with Crippen LogP contribution in [0.25, 0.3) is 0 Å². The number of hydrogen-bond acceptors (Lipinski definition) is 5. The Kier molecular flexibility index (Phi) is 7.18. The average Bonchev–Trinajstić information content (AvgIpc) is 2.93. The number of carbonyl (C=O) groups is 2. The zero-order chi connectivity index (χ0) is 26.9. The number of hydrogen-bond donors (Lipinski definition) is 1. The molecule has 1 atom stereocenters. The van der Waals surface area contributed by atoms with E-state index < -0.39 is 22.0 Å². The molecule has 1 unspecified atom stereocenters. The third kappa shape index (κ3) is 5.27. The fraction of sp³-hybridized carbons (Fsp3) is 0.286. The van der Waals surface area contributed by atoms with Gasteiger partial charge in [-0.1, -0.05) is 18.6 Å². The lowest BCUT2D eigenvalue weighted by Crippen LogP contribution is -2.44. The molecule has 1 saturated heterocycles. The van der Waals surface area contributed by atoms with Crippen LogP contribution in [-0.2, 0) is 21.4 Å². The summed E-state index contributed by atoms with van der Waals surface area (Å²) >= 11 is 0. The van der Waals surface area contributed by atoms with Gasteiger partial charge in [0.1, 0.15) is 11.6 Å². The summed E-state index contributed by atoms with van der Waals surface area (Å²) in [5.74, 6) is -0.549. The van der Waals surface area contributed by atoms with E-state index in [4.69, 9.17) is 4.74 Å². The number of carbonyl (C=O) groups excluding carboxylic acids is 2. The van der Waals surface area contributed by atoms with Crippen LogP contribution in [0.1, 0.15) is 42.1 Å². The van der Waals surface area contributed by atoms with Crippen molar-refractivity contribution in [1.29, 1.82) is 0 Å². The summed E-state index contributed by atoms with van der Waals surface area (Å²) in [4.78, 5) is 27.6. The van der Waals surface area contributed by atoms with Gasteiger partial charge in [-0.05, 0) is 79.9 Å². The highest BCUT2D eigenvalue weighted by Crippen LogP contribution is 2.37. The molecule has 1 N–H and O–H groups in total. The number of rotatable bonds is 6. The first-order chi connectivity index (χ1) is 18.2. The van der Waals surface area contributed by atoms with Crippen molar-refractivity contribution >= 4 is 33.2 Å². The van der Waals surface area contributed by atoms with E-state index in [2.05, 4.69) is 5.32 Å². The van der Waals surface area contributed by atoms with Crippen LogP contribution >= 0.6 is 0 Å². The molecule has 0 aliphatic carbocycles. The summed E-state index contributed by atoms with van der Waals surface area (Å²) in [5, 5.41) is 2.81. The minimum absolute atomic E-state index is 0.158. The molecule has 2 aliphatic rings. The largest absolute Gasteiger partial charge is 0.479 e. The molecule has 2 heterocycles. The maximum atomic E-state index is 13.4. The van der Waals surface area contributed by atoms with Gasteiger partial charge < -0.3 is 15.0 Å². The minimum Gasteiger partial charge on any atom is -0.479 e. The Morgan fingerprint density at radius 1 is 1.00 bits per heavy atom. The molecule has 0 spiro atoms. The molecular formula is C28H28FN3O5S. The number of piperidine rings is 1. The third-order valence-electron chi connectivity index (χ3n) is 6.75. The van der Waals surface area contributed by atoms with Gasteiger partial charge in [-0.15, -0.1) is 0 Å². The van der Waals surface area contributed by atoms with Crippen LogP contribution in [0.15, 0.2) is 71.6 Å². The van der Waals surface area contributed by atoms with E-state index in [0.717, 1.165) is 24.8 Å². The Balaban J connectivity index is 1.34. The molecule has 0 radical (unpaired) electrons. The van der Waals surface area contributed by atoms with Crippen LogP contribution in [0.4, 0.5) is 15.8 Å². The molecular weight excluding hydrogens is 509 g/mol. The number of nitrogens with one attached hydrogen (secondary N) is 1. The standard InChI is InChI=1S/C28H28FN3O5S/c1-19-28(34)32(18-20-5-9-22(29)10-6-20)25-17-23(11-14-26(25)37-19)30-27(33)21-7-12-24(13-8-21)38(35,36)31-15-3-2-4-16-31/h5-14,17,19H,2-4,15-16,18H2,1H3,(H,30,33). The molecule has 3 aromatic rings. The van der Waals surface area contributed by atoms with Gasteiger partial charge in [0.05, 0.1) is 17.1 Å². The number of benzene rings is 3. The summed E-state index contributed by atoms with van der Waals surface area (Å²) < 4.78 is 46.4. The smallest absolute Gasteiger partial charge is 0.268 e. The normalized spacial score (nSPS) is 18.0. The molecule has 8 nitrogen and oxygen atoms in total. The lowest BCUT2D eigenvalue weighted by molar-refractivity contribution is -0.125. The molecule has 38 heavy (non-hydrogen) atoms. The number of fused-ring (bicyclic) bond motifs is 1. The van der Waals surface area contributed by atoms with Gasteiger partial charge in [0.15, 0.2) is 6.10 Å². The number of sulfonamides is 1. The van der Waals surface area contributed by atoms with Crippen LogP contribution in [0.3, 0.4) is 0 Å². The predicted octanol–water partition coefficient (Wildman–Crippen LogP) is 4.57. The maximum absolute atomic E-state index is 13.4. The average molecular weight is 538 g/mol. The van der Waals surface area contributed by atoms with Crippen LogP contribution in [0, 0.1) is 5.82 Å². The SMILES string of the molecule is CC1Oc2ccc(NC(=O)c3ccc(S(=O)(=O)N4CCCCC4)cc3)cc2N(Cc2ccc(F)cc2)C1=O. The highest BCUT2D eigenvalue weighted by molar-refractivity contribution is 7.89.